The molecule has 0 radical (unpaired) electrons. The van der Waals surface area contributed by atoms with Gasteiger partial charge in [-0.2, -0.15) is 5.26 Å². The Kier molecular flexibility index (Phi) is 6.73. The number of amides is 2. The maximum atomic E-state index is 12.4. The van der Waals surface area contributed by atoms with Crippen LogP contribution in [0.25, 0.3) is 0 Å². The summed E-state index contributed by atoms with van der Waals surface area (Å²) in [6, 6.07) is 15.1. The van der Waals surface area contributed by atoms with E-state index in [1.807, 2.05) is 6.07 Å². The van der Waals surface area contributed by atoms with E-state index < -0.39 is 6.04 Å². The monoisotopic (exact) mass is 370 g/mol. The molecule has 0 aromatic heterocycles. The number of nitrogens with zero attached hydrogens (tertiary/aromatic N) is 2. The molecule has 0 saturated carbocycles. The molecule has 7 heteroatoms. The van der Waals surface area contributed by atoms with E-state index in [-0.39, 0.29) is 18.4 Å². The SMILES string of the molecule is CC(C(=O)Nc1ccccc1C#N)N(C)CC(=O)Nc1ccccc1Cl. The van der Waals surface area contributed by atoms with Crippen molar-refractivity contribution >= 4 is 34.8 Å². The number of nitrogens with one attached hydrogen (secondary N) is 2. The van der Waals surface area contributed by atoms with E-state index >= 15 is 0 Å². The van der Waals surface area contributed by atoms with Crippen LogP contribution in [0.1, 0.15) is 12.5 Å². The lowest BCUT2D eigenvalue weighted by Gasteiger charge is -2.23. The van der Waals surface area contributed by atoms with E-state index in [9.17, 15) is 9.59 Å². The lowest BCUT2D eigenvalue weighted by atomic mass is 10.2. The highest BCUT2D eigenvalue weighted by molar-refractivity contribution is 6.33. The Morgan fingerprint density at radius 1 is 1.12 bits per heavy atom. The van der Waals surface area contributed by atoms with Crippen molar-refractivity contribution in [2.45, 2.75) is 13.0 Å². The summed E-state index contributed by atoms with van der Waals surface area (Å²) in [7, 11) is 1.67. The fourth-order valence-electron chi connectivity index (χ4n) is 2.24. The van der Waals surface area contributed by atoms with Gasteiger partial charge in [0.15, 0.2) is 0 Å². The Balaban J connectivity index is 1.95. The number of benzene rings is 2. The fourth-order valence-corrected chi connectivity index (χ4v) is 2.43. The van der Waals surface area contributed by atoms with Crippen LogP contribution in [0.5, 0.6) is 0 Å². The van der Waals surface area contributed by atoms with Gasteiger partial charge in [0, 0.05) is 0 Å². The van der Waals surface area contributed by atoms with Crippen molar-refractivity contribution in [3.05, 3.63) is 59.1 Å². The molecule has 26 heavy (non-hydrogen) atoms. The smallest absolute Gasteiger partial charge is 0.241 e. The minimum absolute atomic E-state index is 0.0136. The number of carbonyl (C=O) groups excluding carboxylic acids is 2. The molecular weight excluding hydrogens is 352 g/mol. The van der Waals surface area contributed by atoms with Crippen molar-refractivity contribution in [1.29, 1.82) is 5.26 Å². The third-order valence-corrected chi connectivity index (χ3v) is 4.22. The molecule has 2 aromatic carbocycles. The van der Waals surface area contributed by atoms with E-state index in [1.54, 1.807) is 67.4 Å². The third-order valence-electron chi connectivity index (χ3n) is 3.89. The standard InChI is InChI=1S/C19H19ClN4O2/c1-13(19(26)23-16-9-5-3-7-14(16)11-21)24(2)12-18(25)22-17-10-6-4-8-15(17)20/h3-10,13H,12H2,1-2H3,(H,22,25)(H,23,26). The molecule has 1 unspecified atom stereocenters. The summed E-state index contributed by atoms with van der Waals surface area (Å²) >= 11 is 6.02. The molecule has 0 heterocycles. The number of rotatable bonds is 6. The van der Waals surface area contributed by atoms with Gasteiger partial charge in [-0.25, -0.2) is 0 Å². The number of nitriles is 1. The van der Waals surface area contributed by atoms with Gasteiger partial charge in [0.05, 0.1) is 34.5 Å². The zero-order valence-electron chi connectivity index (χ0n) is 14.5. The first-order valence-corrected chi connectivity index (χ1v) is 8.34. The van der Waals surface area contributed by atoms with Crippen molar-refractivity contribution < 1.29 is 9.59 Å². The predicted molar refractivity (Wildman–Crippen MR) is 102 cm³/mol. The topological polar surface area (TPSA) is 85.2 Å². The quantitative estimate of drug-likeness (QED) is 0.818. The molecule has 0 fully saturated rings. The van der Waals surface area contributed by atoms with Crippen LogP contribution in [0.4, 0.5) is 11.4 Å². The second kappa shape index (κ2) is 8.99. The van der Waals surface area contributed by atoms with Gasteiger partial charge in [0.1, 0.15) is 6.07 Å². The normalized spacial score (nSPS) is 11.5. The van der Waals surface area contributed by atoms with Crippen LogP contribution in [0.2, 0.25) is 5.02 Å². The van der Waals surface area contributed by atoms with E-state index in [1.165, 1.54) is 0 Å². The summed E-state index contributed by atoms with van der Waals surface area (Å²) in [6.07, 6.45) is 0. The van der Waals surface area contributed by atoms with Crippen LogP contribution >= 0.6 is 11.6 Å². The fraction of sp³-hybridized carbons (Fsp3) is 0.211. The second-order valence-corrected chi connectivity index (χ2v) is 6.17. The summed E-state index contributed by atoms with van der Waals surface area (Å²) in [5, 5.41) is 15.0. The molecule has 2 N–H and O–H groups in total. The Hall–Kier alpha value is -2.88. The molecule has 0 aliphatic heterocycles. The third kappa shape index (κ3) is 5.06. The summed E-state index contributed by atoms with van der Waals surface area (Å²) in [4.78, 5) is 26.2. The van der Waals surface area contributed by atoms with Gasteiger partial charge in [-0.3, -0.25) is 14.5 Å². The lowest BCUT2D eigenvalue weighted by molar-refractivity contribution is -0.122. The molecule has 2 rings (SSSR count). The van der Waals surface area contributed by atoms with E-state index in [0.717, 1.165) is 0 Å². The molecule has 1 atom stereocenters. The highest BCUT2D eigenvalue weighted by Crippen LogP contribution is 2.20. The van der Waals surface area contributed by atoms with E-state index in [2.05, 4.69) is 10.6 Å². The van der Waals surface area contributed by atoms with Crippen molar-refractivity contribution in [2.75, 3.05) is 24.2 Å². The van der Waals surface area contributed by atoms with Crippen LogP contribution in [-0.4, -0.2) is 36.3 Å². The average molecular weight is 371 g/mol. The summed E-state index contributed by atoms with van der Waals surface area (Å²) < 4.78 is 0. The maximum absolute atomic E-state index is 12.4. The van der Waals surface area contributed by atoms with Gasteiger partial charge < -0.3 is 10.6 Å². The number of hydrogen-bond acceptors (Lipinski definition) is 4. The van der Waals surface area contributed by atoms with Gasteiger partial charge in [-0.05, 0) is 38.2 Å². The number of hydrogen-bond donors (Lipinski definition) is 2. The maximum Gasteiger partial charge on any atom is 0.241 e. The van der Waals surface area contributed by atoms with Crippen molar-refractivity contribution in [3.8, 4) is 6.07 Å². The minimum Gasteiger partial charge on any atom is -0.324 e. The number of carbonyl (C=O) groups is 2. The average Bonchev–Trinajstić information content (AvgIpc) is 2.63. The highest BCUT2D eigenvalue weighted by atomic mass is 35.5. The van der Waals surface area contributed by atoms with Crippen molar-refractivity contribution in [2.24, 2.45) is 0 Å². The largest absolute Gasteiger partial charge is 0.324 e. The number of halogens is 1. The van der Waals surface area contributed by atoms with Gasteiger partial charge in [-0.1, -0.05) is 35.9 Å². The van der Waals surface area contributed by atoms with Crippen molar-refractivity contribution in [1.82, 2.24) is 4.90 Å². The first kappa shape index (κ1) is 19.4. The second-order valence-electron chi connectivity index (χ2n) is 5.77. The molecule has 6 nitrogen and oxygen atoms in total. The number of likely N-dealkylation sites (N-methyl/N-ethyl adjacent to an activating group) is 1. The molecule has 0 spiro atoms. The van der Waals surface area contributed by atoms with E-state index in [0.29, 0.717) is 22.0 Å². The lowest BCUT2D eigenvalue weighted by Crippen LogP contribution is -2.43. The molecule has 2 amide bonds. The highest BCUT2D eigenvalue weighted by Gasteiger charge is 2.21. The molecule has 134 valence electrons. The van der Waals surface area contributed by atoms with Crippen LogP contribution in [0.3, 0.4) is 0 Å². The zero-order valence-corrected chi connectivity index (χ0v) is 15.2. The van der Waals surface area contributed by atoms with Crippen molar-refractivity contribution in [3.63, 3.8) is 0 Å². The first-order valence-electron chi connectivity index (χ1n) is 7.97. The molecule has 0 bridgehead atoms. The zero-order chi connectivity index (χ0) is 19.1. The van der Waals surface area contributed by atoms with Crippen LogP contribution in [0, 0.1) is 11.3 Å². The predicted octanol–water partition coefficient (Wildman–Crippen LogP) is 3.11. The summed E-state index contributed by atoms with van der Waals surface area (Å²) in [5.74, 6) is -0.585. The number of anilines is 2. The van der Waals surface area contributed by atoms with Crippen LogP contribution in [-0.2, 0) is 9.59 Å². The molecule has 0 aliphatic rings. The van der Waals surface area contributed by atoms with E-state index in [4.69, 9.17) is 16.9 Å². The molecule has 2 aromatic rings. The van der Waals surface area contributed by atoms with Crippen LogP contribution in [0.15, 0.2) is 48.5 Å². The Bertz CT molecular complexity index is 847. The van der Waals surface area contributed by atoms with Gasteiger partial charge in [0.2, 0.25) is 11.8 Å². The van der Waals surface area contributed by atoms with Gasteiger partial charge in [-0.15, -0.1) is 0 Å². The molecule has 0 aliphatic carbocycles. The van der Waals surface area contributed by atoms with Gasteiger partial charge in [0.25, 0.3) is 0 Å². The first-order chi connectivity index (χ1) is 12.4. The number of para-hydroxylation sites is 2. The Labute approximate surface area is 157 Å². The minimum atomic E-state index is -0.571. The Morgan fingerprint density at radius 2 is 1.73 bits per heavy atom. The molecule has 0 saturated heterocycles. The molecular formula is C19H19ClN4O2. The Morgan fingerprint density at radius 3 is 2.38 bits per heavy atom. The summed E-state index contributed by atoms with van der Waals surface area (Å²) in [6.45, 7) is 1.70. The van der Waals surface area contributed by atoms with Crippen LogP contribution < -0.4 is 10.6 Å². The summed E-state index contributed by atoms with van der Waals surface area (Å²) in [5.41, 5.74) is 1.35. The van der Waals surface area contributed by atoms with Gasteiger partial charge >= 0.3 is 0 Å².